The van der Waals surface area contributed by atoms with Crippen LogP contribution in [0.25, 0.3) is 0 Å². The van der Waals surface area contributed by atoms with Crippen molar-refractivity contribution in [3.8, 4) is 0 Å². The molecule has 0 amide bonds. The lowest BCUT2D eigenvalue weighted by Gasteiger charge is -2.52. The molecule has 2 rings (SSSR count). The standard InChI is InChI=1S/C22H31BrO6/c1-7-26-19(25)9-8-13(2)10-14(3)20-15(4)21-18(23)11-17(12-27-16(5)24)22(6,28-20)29-21/h8-11,14-15,18,20-21H,7,12H2,1-6H3/b9-8+,13-10+/t14-,15-,18-,20-,21+,22+/m1/s1. The lowest BCUT2D eigenvalue weighted by Crippen LogP contribution is -2.59. The van der Waals surface area contributed by atoms with E-state index in [2.05, 4.69) is 35.9 Å². The minimum Gasteiger partial charge on any atom is -0.463 e. The van der Waals surface area contributed by atoms with E-state index in [0.717, 1.165) is 11.1 Å². The number of carbonyl (C=O) groups is 2. The first-order valence-corrected chi connectivity index (χ1v) is 10.9. The first-order chi connectivity index (χ1) is 13.6. The number of fused-ring (bicyclic) bond motifs is 2. The summed E-state index contributed by atoms with van der Waals surface area (Å²) in [5, 5.41) is 0. The molecule has 7 heteroatoms. The van der Waals surface area contributed by atoms with Crippen LogP contribution < -0.4 is 0 Å². The van der Waals surface area contributed by atoms with E-state index in [1.165, 1.54) is 13.0 Å². The molecule has 1 fully saturated rings. The third-order valence-electron chi connectivity index (χ3n) is 5.26. The van der Waals surface area contributed by atoms with Crippen LogP contribution in [0.3, 0.4) is 0 Å². The van der Waals surface area contributed by atoms with Gasteiger partial charge in [-0.25, -0.2) is 4.79 Å². The SMILES string of the molecule is CCOC(=O)/C=C/C(C)=C/[C@@H](C)[C@H]1O[C@@]2(C)O[C@@H]([C@@H]1C)[C@H](Br)C=C2COC(C)=O. The van der Waals surface area contributed by atoms with Gasteiger partial charge in [-0.3, -0.25) is 4.79 Å². The Morgan fingerprint density at radius 3 is 2.59 bits per heavy atom. The maximum absolute atomic E-state index is 11.5. The van der Waals surface area contributed by atoms with Crippen LogP contribution in [0.4, 0.5) is 0 Å². The van der Waals surface area contributed by atoms with Crippen LogP contribution in [0.2, 0.25) is 0 Å². The molecule has 0 unspecified atom stereocenters. The summed E-state index contributed by atoms with van der Waals surface area (Å²) in [7, 11) is 0. The van der Waals surface area contributed by atoms with Crippen molar-refractivity contribution in [2.45, 2.75) is 64.4 Å². The quantitative estimate of drug-likeness (QED) is 0.183. The Bertz CT molecular complexity index is 712. The number of carbonyl (C=O) groups excluding carboxylic acids is 2. The zero-order valence-corrected chi connectivity index (χ0v) is 19.5. The van der Waals surface area contributed by atoms with E-state index >= 15 is 0 Å². The van der Waals surface area contributed by atoms with Crippen LogP contribution in [0, 0.1) is 11.8 Å². The van der Waals surface area contributed by atoms with Gasteiger partial charge in [-0.1, -0.05) is 53.6 Å². The lowest BCUT2D eigenvalue weighted by atomic mass is 9.82. The number of rotatable bonds is 7. The Morgan fingerprint density at radius 1 is 1.28 bits per heavy atom. The second-order valence-electron chi connectivity index (χ2n) is 7.74. The summed E-state index contributed by atoms with van der Waals surface area (Å²) in [6.45, 7) is 11.7. The molecular weight excluding hydrogens is 440 g/mol. The summed E-state index contributed by atoms with van der Waals surface area (Å²) in [5.74, 6) is -1.43. The van der Waals surface area contributed by atoms with Crippen molar-refractivity contribution in [1.29, 1.82) is 0 Å². The Labute approximate surface area is 181 Å². The van der Waals surface area contributed by atoms with Gasteiger partial charge in [0.1, 0.15) is 6.61 Å². The van der Waals surface area contributed by atoms with Gasteiger partial charge >= 0.3 is 11.9 Å². The highest BCUT2D eigenvalue weighted by molar-refractivity contribution is 9.09. The molecule has 0 saturated carbocycles. The fourth-order valence-electron chi connectivity index (χ4n) is 3.79. The van der Waals surface area contributed by atoms with Gasteiger partial charge < -0.3 is 18.9 Å². The number of alkyl halides is 1. The van der Waals surface area contributed by atoms with Crippen LogP contribution in [0.15, 0.2) is 35.5 Å². The third-order valence-corrected chi connectivity index (χ3v) is 6.05. The molecule has 2 bridgehead atoms. The van der Waals surface area contributed by atoms with Crippen LogP contribution in [-0.2, 0) is 28.5 Å². The van der Waals surface area contributed by atoms with Gasteiger partial charge in [0.15, 0.2) is 5.79 Å². The molecule has 0 aromatic heterocycles. The van der Waals surface area contributed by atoms with Crippen molar-refractivity contribution in [2.75, 3.05) is 13.2 Å². The Morgan fingerprint density at radius 2 is 1.97 bits per heavy atom. The Balaban J connectivity index is 2.18. The molecular formula is C22H31BrO6. The van der Waals surface area contributed by atoms with Gasteiger partial charge in [-0.15, -0.1) is 0 Å². The normalized spacial score (nSPS) is 33.2. The molecule has 2 aliphatic heterocycles. The molecule has 0 aliphatic carbocycles. The number of halogens is 1. The maximum Gasteiger partial charge on any atom is 0.330 e. The van der Waals surface area contributed by atoms with Crippen LogP contribution >= 0.6 is 15.9 Å². The number of esters is 2. The summed E-state index contributed by atoms with van der Waals surface area (Å²) in [6.07, 6.45) is 7.12. The monoisotopic (exact) mass is 470 g/mol. The molecule has 0 aromatic carbocycles. The van der Waals surface area contributed by atoms with Gasteiger partial charge in [-0.2, -0.15) is 0 Å². The molecule has 6 nitrogen and oxygen atoms in total. The number of ether oxygens (including phenoxy) is 4. The van der Waals surface area contributed by atoms with E-state index in [4.69, 9.17) is 18.9 Å². The third kappa shape index (κ3) is 6.03. The van der Waals surface area contributed by atoms with Crippen molar-refractivity contribution in [1.82, 2.24) is 0 Å². The van der Waals surface area contributed by atoms with Gasteiger partial charge in [0.25, 0.3) is 0 Å². The van der Waals surface area contributed by atoms with Crippen molar-refractivity contribution in [3.63, 3.8) is 0 Å². The van der Waals surface area contributed by atoms with Crippen LogP contribution in [0.1, 0.15) is 41.5 Å². The topological polar surface area (TPSA) is 71.1 Å². The molecule has 2 aliphatic rings. The predicted octanol–water partition coefficient (Wildman–Crippen LogP) is 4.09. The fourth-order valence-corrected chi connectivity index (χ4v) is 4.70. The summed E-state index contributed by atoms with van der Waals surface area (Å²) in [6, 6.07) is 0. The smallest absolute Gasteiger partial charge is 0.330 e. The van der Waals surface area contributed by atoms with Gasteiger partial charge in [0.05, 0.1) is 23.6 Å². The fraction of sp³-hybridized carbons (Fsp3) is 0.636. The lowest BCUT2D eigenvalue weighted by molar-refractivity contribution is -0.319. The van der Waals surface area contributed by atoms with Crippen LogP contribution in [-0.4, -0.2) is 48.0 Å². The average Bonchev–Trinajstić information content (AvgIpc) is 2.64. The Hall–Kier alpha value is -1.44. The molecule has 162 valence electrons. The predicted molar refractivity (Wildman–Crippen MR) is 113 cm³/mol. The van der Waals surface area contributed by atoms with Crippen molar-refractivity contribution in [3.05, 3.63) is 35.5 Å². The molecule has 2 heterocycles. The van der Waals surface area contributed by atoms with Crippen molar-refractivity contribution < 1.29 is 28.5 Å². The van der Waals surface area contributed by atoms with E-state index in [1.54, 1.807) is 13.0 Å². The van der Waals surface area contributed by atoms with Crippen molar-refractivity contribution in [2.24, 2.45) is 11.8 Å². The Kier molecular flexibility index (Phi) is 8.26. The van der Waals surface area contributed by atoms with Gasteiger partial charge in [-0.05, 0) is 20.8 Å². The molecule has 0 aromatic rings. The molecule has 0 N–H and O–H groups in total. The van der Waals surface area contributed by atoms with Crippen LogP contribution in [0.5, 0.6) is 0 Å². The van der Waals surface area contributed by atoms with Crippen molar-refractivity contribution >= 4 is 27.9 Å². The minimum atomic E-state index is -0.946. The van der Waals surface area contributed by atoms with E-state index in [-0.39, 0.29) is 47.4 Å². The summed E-state index contributed by atoms with van der Waals surface area (Å²) >= 11 is 3.70. The summed E-state index contributed by atoms with van der Waals surface area (Å²) < 4.78 is 22.8. The second kappa shape index (κ2) is 10.0. The first kappa shape index (κ1) is 23.8. The highest BCUT2D eigenvalue weighted by atomic mass is 79.9. The highest BCUT2D eigenvalue weighted by Gasteiger charge is 2.51. The molecule has 1 saturated heterocycles. The second-order valence-corrected chi connectivity index (χ2v) is 8.80. The zero-order chi connectivity index (χ0) is 21.8. The van der Waals surface area contributed by atoms with E-state index in [0.29, 0.717) is 6.61 Å². The van der Waals surface area contributed by atoms with E-state index < -0.39 is 5.79 Å². The maximum atomic E-state index is 11.5. The molecule has 0 spiro atoms. The largest absolute Gasteiger partial charge is 0.463 e. The van der Waals surface area contributed by atoms with E-state index in [1.807, 2.05) is 19.9 Å². The van der Waals surface area contributed by atoms with Gasteiger partial charge in [0, 0.05) is 30.4 Å². The minimum absolute atomic E-state index is 0.00326. The molecule has 6 atom stereocenters. The summed E-state index contributed by atoms with van der Waals surface area (Å²) in [5.41, 5.74) is 1.74. The average molecular weight is 471 g/mol. The number of hydrogen-bond acceptors (Lipinski definition) is 6. The number of hydrogen-bond donors (Lipinski definition) is 0. The highest BCUT2D eigenvalue weighted by Crippen LogP contribution is 2.45. The molecule has 0 radical (unpaired) electrons. The zero-order valence-electron chi connectivity index (χ0n) is 17.9. The van der Waals surface area contributed by atoms with Gasteiger partial charge in [0.2, 0.25) is 0 Å². The number of allylic oxidation sites excluding steroid dienone is 2. The summed E-state index contributed by atoms with van der Waals surface area (Å²) in [4.78, 5) is 22.8. The molecule has 29 heavy (non-hydrogen) atoms. The first-order valence-electron chi connectivity index (χ1n) is 9.95. The van der Waals surface area contributed by atoms with E-state index in [9.17, 15) is 9.59 Å².